The van der Waals surface area contributed by atoms with Gasteiger partial charge in [-0.3, -0.25) is 10.1 Å². The van der Waals surface area contributed by atoms with E-state index in [1.807, 2.05) is 0 Å². The molecule has 2 aromatic heterocycles. The van der Waals surface area contributed by atoms with Gasteiger partial charge in [-0.1, -0.05) is 30.3 Å². The van der Waals surface area contributed by atoms with Crippen molar-refractivity contribution in [2.75, 3.05) is 7.11 Å². The number of hydrogen-bond acceptors (Lipinski definition) is 6. The molecule has 0 aliphatic rings. The van der Waals surface area contributed by atoms with Crippen molar-refractivity contribution in [3.05, 3.63) is 57.9 Å². The molecule has 0 aliphatic carbocycles. The van der Waals surface area contributed by atoms with Gasteiger partial charge in [0.1, 0.15) is 5.69 Å². The highest BCUT2D eigenvalue weighted by molar-refractivity contribution is 5.60. The second-order valence-corrected chi connectivity index (χ2v) is 5.41. The minimum Gasteiger partial charge on any atom is -0.475 e. The third kappa shape index (κ3) is 3.43. The zero-order chi connectivity index (χ0) is 19.8. The molecule has 0 aliphatic heterocycles. The highest BCUT2D eigenvalue weighted by Crippen LogP contribution is 2.33. The molecule has 0 unspecified atom stereocenters. The summed E-state index contributed by atoms with van der Waals surface area (Å²) >= 11 is 0. The van der Waals surface area contributed by atoms with E-state index in [-0.39, 0.29) is 17.3 Å². The van der Waals surface area contributed by atoms with Crippen LogP contribution in [0.5, 0.6) is 5.88 Å². The quantitative estimate of drug-likeness (QED) is 0.508. The normalized spacial score (nSPS) is 11.4. The van der Waals surface area contributed by atoms with Crippen molar-refractivity contribution in [2.24, 2.45) is 0 Å². The summed E-state index contributed by atoms with van der Waals surface area (Å²) in [5.41, 5.74) is -1.29. The number of aromatic nitrogens is 4. The van der Waals surface area contributed by atoms with Crippen LogP contribution < -0.4 is 4.74 Å². The number of methoxy groups -OCH3 is 1. The molecule has 8 nitrogen and oxygen atoms in total. The summed E-state index contributed by atoms with van der Waals surface area (Å²) in [7, 11) is 1.17. The van der Waals surface area contributed by atoms with E-state index in [1.54, 1.807) is 30.3 Å². The van der Waals surface area contributed by atoms with Crippen molar-refractivity contribution in [3.63, 3.8) is 0 Å². The molecule has 1 aromatic carbocycles. The SMILES string of the molecule is COc1nn(-c2nc(-c3ccccc3)cc(C(F)(F)F)n2)c(C)c1[N+](=O)[O-]. The third-order valence-corrected chi connectivity index (χ3v) is 3.69. The molecule has 0 atom stereocenters. The van der Waals surface area contributed by atoms with Gasteiger partial charge in [0.15, 0.2) is 5.69 Å². The first-order chi connectivity index (χ1) is 12.7. The Kier molecular flexibility index (Phi) is 4.52. The van der Waals surface area contributed by atoms with E-state index in [0.717, 1.165) is 10.7 Å². The first-order valence-corrected chi connectivity index (χ1v) is 7.52. The summed E-state index contributed by atoms with van der Waals surface area (Å²) in [4.78, 5) is 18.1. The second kappa shape index (κ2) is 6.67. The molecule has 0 N–H and O–H groups in total. The van der Waals surface area contributed by atoms with E-state index in [4.69, 9.17) is 4.74 Å². The molecule has 0 radical (unpaired) electrons. The fraction of sp³-hybridized carbons (Fsp3) is 0.188. The number of benzene rings is 1. The average Bonchev–Trinajstić information content (AvgIpc) is 2.98. The largest absolute Gasteiger partial charge is 0.475 e. The summed E-state index contributed by atoms with van der Waals surface area (Å²) in [5.74, 6) is -0.799. The number of rotatable bonds is 4. The van der Waals surface area contributed by atoms with E-state index >= 15 is 0 Å². The van der Waals surface area contributed by atoms with Gasteiger partial charge in [-0.15, -0.1) is 5.10 Å². The Hall–Kier alpha value is -3.50. The lowest BCUT2D eigenvalue weighted by atomic mass is 10.1. The maximum atomic E-state index is 13.3. The lowest BCUT2D eigenvalue weighted by molar-refractivity contribution is -0.386. The van der Waals surface area contributed by atoms with Crippen LogP contribution in [0.15, 0.2) is 36.4 Å². The Morgan fingerprint density at radius 3 is 2.37 bits per heavy atom. The maximum absolute atomic E-state index is 13.3. The van der Waals surface area contributed by atoms with Crippen LogP contribution in [0.1, 0.15) is 11.4 Å². The van der Waals surface area contributed by atoms with Crippen LogP contribution in [0.25, 0.3) is 17.2 Å². The van der Waals surface area contributed by atoms with Crippen molar-refractivity contribution in [1.82, 2.24) is 19.7 Å². The number of nitrogens with zero attached hydrogens (tertiary/aromatic N) is 5. The predicted octanol–water partition coefficient (Wildman–Crippen LogP) is 3.57. The highest BCUT2D eigenvalue weighted by atomic mass is 19.4. The zero-order valence-electron chi connectivity index (χ0n) is 14.1. The number of ether oxygens (including phenoxy) is 1. The van der Waals surface area contributed by atoms with Crippen molar-refractivity contribution in [2.45, 2.75) is 13.1 Å². The van der Waals surface area contributed by atoms with Gasteiger partial charge < -0.3 is 4.74 Å². The number of nitro groups is 1. The molecule has 0 amide bonds. The lowest BCUT2D eigenvalue weighted by Gasteiger charge is -2.11. The third-order valence-electron chi connectivity index (χ3n) is 3.69. The zero-order valence-corrected chi connectivity index (χ0v) is 14.1. The van der Waals surface area contributed by atoms with Crippen molar-refractivity contribution < 1.29 is 22.8 Å². The molecule has 11 heteroatoms. The van der Waals surface area contributed by atoms with Gasteiger partial charge >= 0.3 is 17.7 Å². The Morgan fingerprint density at radius 1 is 1.19 bits per heavy atom. The highest BCUT2D eigenvalue weighted by Gasteiger charge is 2.35. The topological polar surface area (TPSA) is 96.0 Å². The van der Waals surface area contributed by atoms with E-state index in [0.29, 0.717) is 5.56 Å². The summed E-state index contributed by atoms with van der Waals surface area (Å²) in [6, 6.07) is 9.00. The Labute approximate surface area is 150 Å². The standard InChI is InChI=1S/C16H12F3N5O3/c1-9-13(24(25)26)14(27-2)22-23(9)15-20-11(10-6-4-3-5-7-10)8-12(21-15)16(17,18)19/h3-8H,1-2H3. The van der Waals surface area contributed by atoms with Gasteiger partial charge in [0.05, 0.1) is 17.7 Å². The van der Waals surface area contributed by atoms with Crippen LogP contribution in [-0.4, -0.2) is 31.8 Å². The summed E-state index contributed by atoms with van der Waals surface area (Å²) in [6.07, 6.45) is -4.74. The summed E-state index contributed by atoms with van der Waals surface area (Å²) < 4.78 is 45.6. The Balaban J connectivity index is 2.26. The Morgan fingerprint density at radius 2 is 1.85 bits per heavy atom. The molecule has 140 valence electrons. The second-order valence-electron chi connectivity index (χ2n) is 5.41. The van der Waals surface area contributed by atoms with Crippen LogP contribution in [0.4, 0.5) is 18.9 Å². The van der Waals surface area contributed by atoms with Gasteiger partial charge in [-0.25, -0.2) is 9.97 Å². The fourth-order valence-electron chi connectivity index (χ4n) is 2.44. The van der Waals surface area contributed by atoms with Gasteiger partial charge in [0.25, 0.3) is 5.95 Å². The van der Waals surface area contributed by atoms with E-state index in [1.165, 1.54) is 14.0 Å². The van der Waals surface area contributed by atoms with E-state index in [9.17, 15) is 23.3 Å². The monoisotopic (exact) mass is 379 g/mol. The molecule has 3 rings (SSSR count). The Bertz CT molecular complexity index is 1000. The molecule has 3 aromatic rings. The summed E-state index contributed by atoms with van der Waals surface area (Å²) in [5, 5.41) is 15.1. The minimum absolute atomic E-state index is 0.00412. The lowest BCUT2D eigenvalue weighted by Crippen LogP contribution is -2.14. The number of alkyl halides is 3. The molecule has 0 spiro atoms. The van der Waals surface area contributed by atoms with Crippen LogP contribution in [-0.2, 0) is 6.18 Å². The average molecular weight is 379 g/mol. The van der Waals surface area contributed by atoms with Crippen molar-refractivity contribution in [3.8, 4) is 23.1 Å². The minimum atomic E-state index is -4.74. The molecule has 27 heavy (non-hydrogen) atoms. The van der Waals surface area contributed by atoms with Crippen LogP contribution in [0.2, 0.25) is 0 Å². The number of hydrogen-bond donors (Lipinski definition) is 0. The van der Waals surface area contributed by atoms with E-state index in [2.05, 4.69) is 15.1 Å². The van der Waals surface area contributed by atoms with Crippen molar-refractivity contribution in [1.29, 1.82) is 0 Å². The predicted molar refractivity (Wildman–Crippen MR) is 87.5 cm³/mol. The molecular weight excluding hydrogens is 367 g/mol. The van der Waals surface area contributed by atoms with Crippen LogP contribution in [0.3, 0.4) is 0 Å². The fourth-order valence-corrected chi connectivity index (χ4v) is 2.44. The van der Waals surface area contributed by atoms with Crippen molar-refractivity contribution >= 4 is 5.69 Å². The summed E-state index contributed by atoms with van der Waals surface area (Å²) in [6.45, 7) is 1.32. The molecule has 0 bridgehead atoms. The van der Waals surface area contributed by atoms with E-state index < -0.39 is 28.4 Å². The molecule has 0 saturated carbocycles. The van der Waals surface area contributed by atoms with Gasteiger partial charge in [0.2, 0.25) is 0 Å². The van der Waals surface area contributed by atoms with Crippen LogP contribution >= 0.6 is 0 Å². The molecule has 0 fully saturated rings. The van der Waals surface area contributed by atoms with Gasteiger partial charge in [0, 0.05) is 5.56 Å². The molecule has 0 saturated heterocycles. The van der Waals surface area contributed by atoms with Crippen LogP contribution in [0, 0.1) is 17.0 Å². The maximum Gasteiger partial charge on any atom is 0.433 e. The molecule has 2 heterocycles. The first-order valence-electron chi connectivity index (χ1n) is 7.52. The first kappa shape index (κ1) is 18.3. The number of halogens is 3. The van der Waals surface area contributed by atoms with Gasteiger partial charge in [-0.05, 0) is 13.0 Å². The molecular formula is C16H12F3N5O3. The van der Waals surface area contributed by atoms with Gasteiger partial charge in [-0.2, -0.15) is 17.9 Å². The smallest absolute Gasteiger partial charge is 0.433 e.